The number of amides is 1. The molecule has 1 amide bonds. The third-order valence-electron chi connectivity index (χ3n) is 4.93. The maximum Gasteiger partial charge on any atom is 0.261 e. The van der Waals surface area contributed by atoms with Gasteiger partial charge in [-0.05, 0) is 43.5 Å². The van der Waals surface area contributed by atoms with Crippen LogP contribution in [0.2, 0.25) is 0 Å². The number of pyridine rings is 1. The molecular formula is C21H21F2N5O2S. The molecule has 1 aromatic carbocycles. The predicted molar refractivity (Wildman–Crippen MR) is 112 cm³/mol. The van der Waals surface area contributed by atoms with Crippen molar-refractivity contribution in [1.82, 2.24) is 20.1 Å². The maximum absolute atomic E-state index is 13.8. The van der Waals surface area contributed by atoms with Gasteiger partial charge in [-0.1, -0.05) is 24.3 Å². The third-order valence-corrected chi connectivity index (χ3v) is 5.92. The number of hydrogen-bond donors (Lipinski definition) is 1. The normalized spacial score (nSPS) is 15.8. The minimum absolute atomic E-state index is 0.154. The van der Waals surface area contributed by atoms with Gasteiger partial charge in [0.05, 0.1) is 11.7 Å². The van der Waals surface area contributed by atoms with Gasteiger partial charge in [-0.15, -0.1) is 10.2 Å². The molecule has 0 aliphatic carbocycles. The fraction of sp³-hybridized carbons (Fsp3) is 0.333. The van der Waals surface area contributed by atoms with Crippen molar-refractivity contribution in [2.45, 2.75) is 32.2 Å². The minimum Gasteiger partial charge on any atom is -0.481 e. The largest absolute Gasteiger partial charge is 0.481 e. The summed E-state index contributed by atoms with van der Waals surface area (Å²) in [5, 5.41) is 12.9. The maximum atomic E-state index is 13.8. The van der Waals surface area contributed by atoms with Gasteiger partial charge in [0.25, 0.3) is 5.91 Å². The lowest BCUT2D eigenvalue weighted by atomic mass is 10.1. The van der Waals surface area contributed by atoms with Crippen molar-refractivity contribution in [1.29, 1.82) is 0 Å². The lowest BCUT2D eigenvalue weighted by Crippen LogP contribution is -2.34. The van der Waals surface area contributed by atoms with Crippen LogP contribution in [0.1, 0.15) is 36.5 Å². The molecule has 162 valence electrons. The van der Waals surface area contributed by atoms with Crippen molar-refractivity contribution >= 4 is 28.2 Å². The van der Waals surface area contributed by atoms with Gasteiger partial charge in [-0.25, -0.2) is 13.8 Å². The first kappa shape index (κ1) is 21.1. The van der Waals surface area contributed by atoms with Crippen LogP contribution in [-0.4, -0.2) is 39.1 Å². The summed E-state index contributed by atoms with van der Waals surface area (Å²) in [7, 11) is 0. The molecule has 1 fully saturated rings. The number of carbonyl (C=O) groups excluding carboxylic acids is 1. The van der Waals surface area contributed by atoms with Gasteiger partial charge in [0.1, 0.15) is 16.6 Å². The van der Waals surface area contributed by atoms with E-state index < -0.39 is 11.6 Å². The van der Waals surface area contributed by atoms with E-state index in [9.17, 15) is 13.6 Å². The number of nitrogens with one attached hydrogen (secondary N) is 1. The Morgan fingerprint density at radius 1 is 1.29 bits per heavy atom. The highest BCUT2D eigenvalue weighted by Gasteiger charge is 2.31. The van der Waals surface area contributed by atoms with E-state index in [0.717, 1.165) is 42.1 Å². The average molecular weight is 445 g/mol. The monoisotopic (exact) mass is 445 g/mol. The number of nitrogens with zero attached hydrogens (tertiary/aromatic N) is 4. The Bertz CT molecular complexity index is 1080. The number of hydrogen-bond acceptors (Lipinski definition) is 7. The summed E-state index contributed by atoms with van der Waals surface area (Å²) in [5.74, 6) is -1.34. The molecule has 0 saturated carbocycles. The van der Waals surface area contributed by atoms with E-state index in [2.05, 4.69) is 20.5 Å². The molecule has 10 heteroatoms. The number of likely N-dealkylation sites (tertiary alicyclic amines) is 1. The molecule has 1 N–H and O–H groups in total. The summed E-state index contributed by atoms with van der Waals surface area (Å²) >= 11 is 1.47. The number of benzene rings is 1. The van der Waals surface area contributed by atoms with Gasteiger partial charge >= 0.3 is 0 Å². The first-order valence-electron chi connectivity index (χ1n) is 9.97. The topological polar surface area (TPSA) is 80.2 Å². The van der Waals surface area contributed by atoms with Crippen LogP contribution >= 0.6 is 11.3 Å². The van der Waals surface area contributed by atoms with Crippen LogP contribution < -0.4 is 10.1 Å². The summed E-state index contributed by atoms with van der Waals surface area (Å²) < 4.78 is 32.1. The molecule has 4 rings (SSSR count). The summed E-state index contributed by atoms with van der Waals surface area (Å²) in [4.78, 5) is 19.1. The lowest BCUT2D eigenvalue weighted by Gasteiger charge is -2.24. The van der Waals surface area contributed by atoms with Gasteiger partial charge in [0.15, 0.2) is 18.2 Å². The SMILES string of the molecule is CCc1nnc(Nc2cccc(C3CCCN3C(=O)COc3ccc(F)cc3F)n2)s1. The van der Waals surface area contributed by atoms with Crippen molar-refractivity contribution < 1.29 is 18.3 Å². The molecule has 1 aliphatic rings. The van der Waals surface area contributed by atoms with Crippen LogP contribution in [-0.2, 0) is 11.2 Å². The fourth-order valence-electron chi connectivity index (χ4n) is 3.45. The van der Waals surface area contributed by atoms with Crippen molar-refractivity contribution in [3.63, 3.8) is 0 Å². The van der Waals surface area contributed by atoms with Gasteiger partial charge in [-0.3, -0.25) is 4.79 Å². The summed E-state index contributed by atoms with van der Waals surface area (Å²) in [6.07, 6.45) is 2.42. The number of aryl methyl sites for hydroxylation is 1. The van der Waals surface area contributed by atoms with Crippen LogP contribution in [0, 0.1) is 11.6 Å². The van der Waals surface area contributed by atoms with Crippen LogP contribution in [0.3, 0.4) is 0 Å². The molecule has 1 aliphatic heterocycles. The number of ether oxygens (including phenoxy) is 1. The number of aromatic nitrogens is 3. The zero-order valence-electron chi connectivity index (χ0n) is 16.8. The second kappa shape index (κ2) is 9.34. The molecule has 3 heterocycles. The molecular weight excluding hydrogens is 424 g/mol. The highest BCUT2D eigenvalue weighted by Crippen LogP contribution is 2.32. The molecule has 1 saturated heterocycles. The van der Waals surface area contributed by atoms with E-state index in [1.807, 2.05) is 25.1 Å². The Kier molecular flexibility index (Phi) is 6.36. The number of rotatable bonds is 7. The van der Waals surface area contributed by atoms with Gasteiger partial charge in [0.2, 0.25) is 5.13 Å². The number of carbonyl (C=O) groups is 1. The Labute approximate surface area is 182 Å². The standard InChI is InChI=1S/C21H21F2N5O2S/c1-2-19-26-27-21(31-19)25-18-7-3-5-15(24-18)16-6-4-10-28(16)20(29)12-30-17-9-8-13(22)11-14(17)23/h3,5,7-9,11,16H,2,4,6,10,12H2,1H3,(H,24,25,27). The van der Waals surface area contributed by atoms with E-state index in [1.54, 1.807) is 4.90 Å². The highest BCUT2D eigenvalue weighted by molar-refractivity contribution is 7.15. The molecule has 0 bridgehead atoms. The molecule has 3 aromatic rings. The second-order valence-corrected chi connectivity index (χ2v) is 8.10. The van der Waals surface area contributed by atoms with Gasteiger partial charge in [-0.2, -0.15) is 0 Å². The average Bonchev–Trinajstić information content (AvgIpc) is 3.43. The van der Waals surface area contributed by atoms with Crippen molar-refractivity contribution in [3.8, 4) is 5.75 Å². The first-order valence-corrected chi connectivity index (χ1v) is 10.8. The van der Waals surface area contributed by atoms with Crippen LogP contribution in [0.5, 0.6) is 5.75 Å². The second-order valence-electron chi connectivity index (χ2n) is 7.04. The Balaban J connectivity index is 1.43. The summed E-state index contributed by atoms with van der Waals surface area (Å²) in [5.41, 5.74) is 0.754. The summed E-state index contributed by atoms with van der Waals surface area (Å²) in [6, 6.07) is 8.37. The molecule has 0 spiro atoms. The lowest BCUT2D eigenvalue weighted by molar-refractivity contribution is -0.134. The molecule has 1 atom stereocenters. The van der Waals surface area contributed by atoms with Gasteiger partial charge < -0.3 is 15.0 Å². The van der Waals surface area contributed by atoms with Crippen molar-refractivity contribution in [2.75, 3.05) is 18.5 Å². The van der Waals surface area contributed by atoms with Crippen LogP contribution in [0.4, 0.5) is 19.7 Å². The Hall–Kier alpha value is -3.14. The smallest absolute Gasteiger partial charge is 0.261 e. The first-order chi connectivity index (χ1) is 15.0. The zero-order valence-corrected chi connectivity index (χ0v) is 17.7. The predicted octanol–water partition coefficient (Wildman–Crippen LogP) is 4.26. The highest BCUT2D eigenvalue weighted by atomic mass is 32.1. The quantitative estimate of drug-likeness (QED) is 0.585. The van der Waals surface area contributed by atoms with E-state index in [0.29, 0.717) is 17.5 Å². The minimum atomic E-state index is -0.839. The molecule has 7 nitrogen and oxygen atoms in total. The molecule has 0 radical (unpaired) electrons. The Morgan fingerprint density at radius 3 is 2.94 bits per heavy atom. The van der Waals surface area contributed by atoms with Crippen molar-refractivity contribution in [2.24, 2.45) is 0 Å². The Morgan fingerprint density at radius 2 is 2.16 bits per heavy atom. The molecule has 1 unspecified atom stereocenters. The van der Waals surface area contributed by atoms with Crippen LogP contribution in [0.15, 0.2) is 36.4 Å². The molecule has 31 heavy (non-hydrogen) atoms. The van der Waals surface area contributed by atoms with Crippen LogP contribution in [0.25, 0.3) is 0 Å². The zero-order chi connectivity index (χ0) is 21.8. The van der Waals surface area contributed by atoms with E-state index >= 15 is 0 Å². The van der Waals surface area contributed by atoms with E-state index in [-0.39, 0.29) is 24.3 Å². The third kappa shape index (κ3) is 4.96. The summed E-state index contributed by atoms with van der Waals surface area (Å²) in [6.45, 7) is 2.25. The number of halogens is 2. The van der Waals surface area contributed by atoms with Crippen molar-refractivity contribution in [3.05, 3.63) is 58.7 Å². The van der Waals surface area contributed by atoms with E-state index in [1.165, 1.54) is 17.4 Å². The number of anilines is 2. The van der Waals surface area contributed by atoms with Gasteiger partial charge in [0, 0.05) is 12.6 Å². The fourth-order valence-corrected chi connectivity index (χ4v) is 4.14. The van der Waals surface area contributed by atoms with E-state index in [4.69, 9.17) is 4.74 Å². The molecule has 2 aromatic heterocycles.